The van der Waals surface area contributed by atoms with E-state index < -0.39 is 0 Å². The van der Waals surface area contributed by atoms with Gasteiger partial charge in [0.15, 0.2) is 0 Å². The van der Waals surface area contributed by atoms with E-state index in [-0.39, 0.29) is 5.41 Å². The molecule has 0 aromatic carbocycles. The van der Waals surface area contributed by atoms with E-state index >= 15 is 0 Å². The summed E-state index contributed by atoms with van der Waals surface area (Å²) in [5, 5.41) is 0. The van der Waals surface area contributed by atoms with Crippen LogP contribution in [0.1, 0.15) is 40.0 Å². The smallest absolute Gasteiger partial charge is 0.142 e. The van der Waals surface area contributed by atoms with Crippen LogP contribution in [0.2, 0.25) is 0 Å². The molecule has 0 unspecified atom stereocenters. The third-order valence-corrected chi connectivity index (χ3v) is 2.27. The van der Waals surface area contributed by atoms with Crippen LogP contribution in [-0.4, -0.2) is 5.78 Å². The van der Waals surface area contributed by atoms with Crippen molar-refractivity contribution in [2.24, 2.45) is 5.41 Å². The van der Waals surface area contributed by atoms with Gasteiger partial charge in [-0.25, -0.2) is 0 Å². The second-order valence-electron chi connectivity index (χ2n) is 4.61. The Labute approximate surface area is 80.5 Å². The SMILES string of the molecule is CC(C)(C)C(=O)CC1=CCCC=C1. The number of Topliss-reactive ketones (excluding diaryl/α,β-unsaturated/α-hetero) is 1. The van der Waals surface area contributed by atoms with Gasteiger partial charge in [0, 0.05) is 11.8 Å². The standard InChI is InChI=1S/C12H18O/c1-12(2,3)11(13)9-10-7-5-4-6-8-10/h5,7-8H,4,6,9H2,1-3H3. The molecule has 1 nitrogen and oxygen atoms in total. The highest BCUT2D eigenvalue weighted by Crippen LogP contribution is 2.22. The highest BCUT2D eigenvalue weighted by molar-refractivity contribution is 5.86. The number of hydrogen-bond donors (Lipinski definition) is 0. The summed E-state index contributed by atoms with van der Waals surface area (Å²) < 4.78 is 0. The molecule has 0 spiro atoms. The third-order valence-electron chi connectivity index (χ3n) is 2.27. The van der Waals surface area contributed by atoms with Crippen molar-refractivity contribution >= 4 is 5.78 Å². The van der Waals surface area contributed by atoms with Crippen molar-refractivity contribution < 1.29 is 4.79 Å². The lowest BCUT2D eigenvalue weighted by Crippen LogP contribution is -2.20. The molecule has 0 aromatic heterocycles. The lowest BCUT2D eigenvalue weighted by molar-refractivity contribution is -0.125. The van der Waals surface area contributed by atoms with Crippen LogP contribution in [-0.2, 0) is 4.79 Å². The predicted octanol–water partition coefficient (Wildman–Crippen LogP) is 3.27. The third kappa shape index (κ3) is 3.17. The number of rotatable bonds is 2. The number of hydrogen-bond acceptors (Lipinski definition) is 1. The maximum absolute atomic E-state index is 11.7. The minimum Gasteiger partial charge on any atom is -0.299 e. The van der Waals surface area contributed by atoms with Gasteiger partial charge in [0.1, 0.15) is 5.78 Å². The van der Waals surface area contributed by atoms with Gasteiger partial charge in [0.25, 0.3) is 0 Å². The van der Waals surface area contributed by atoms with Crippen LogP contribution in [0.4, 0.5) is 0 Å². The minimum atomic E-state index is -0.202. The van der Waals surface area contributed by atoms with E-state index in [0.29, 0.717) is 12.2 Å². The van der Waals surface area contributed by atoms with Crippen molar-refractivity contribution in [2.75, 3.05) is 0 Å². The number of ketones is 1. The topological polar surface area (TPSA) is 17.1 Å². The fourth-order valence-corrected chi connectivity index (χ4v) is 1.25. The molecular weight excluding hydrogens is 160 g/mol. The van der Waals surface area contributed by atoms with Crippen LogP contribution in [0.3, 0.4) is 0 Å². The number of carbonyl (C=O) groups excluding carboxylic acids is 1. The summed E-state index contributed by atoms with van der Waals surface area (Å²) >= 11 is 0. The van der Waals surface area contributed by atoms with E-state index in [1.165, 1.54) is 5.57 Å². The molecule has 0 atom stereocenters. The highest BCUT2D eigenvalue weighted by Gasteiger charge is 2.21. The molecule has 72 valence electrons. The van der Waals surface area contributed by atoms with Gasteiger partial charge in [-0.2, -0.15) is 0 Å². The van der Waals surface area contributed by atoms with Crippen molar-refractivity contribution in [2.45, 2.75) is 40.0 Å². The van der Waals surface area contributed by atoms with Crippen LogP contribution >= 0.6 is 0 Å². The Kier molecular flexibility index (Phi) is 3.07. The monoisotopic (exact) mass is 178 g/mol. The average Bonchev–Trinajstić information content (AvgIpc) is 2.04. The second-order valence-corrected chi connectivity index (χ2v) is 4.61. The van der Waals surface area contributed by atoms with E-state index in [1.807, 2.05) is 20.8 Å². The van der Waals surface area contributed by atoms with Gasteiger partial charge < -0.3 is 0 Å². The first kappa shape index (κ1) is 10.2. The Balaban J connectivity index is 2.54. The molecule has 0 bridgehead atoms. The minimum absolute atomic E-state index is 0.202. The highest BCUT2D eigenvalue weighted by atomic mass is 16.1. The molecule has 13 heavy (non-hydrogen) atoms. The zero-order chi connectivity index (χ0) is 9.90. The van der Waals surface area contributed by atoms with Crippen molar-refractivity contribution in [3.63, 3.8) is 0 Å². The van der Waals surface area contributed by atoms with Crippen LogP contribution in [0.25, 0.3) is 0 Å². The Hall–Kier alpha value is -0.850. The van der Waals surface area contributed by atoms with Crippen LogP contribution in [0.5, 0.6) is 0 Å². The summed E-state index contributed by atoms with van der Waals surface area (Å²) in [6, 6.07) is 0. The van der Waals surface area contributed by atoms with Gasteiger partial charge in [-0.05, 0) is 18.4 Å². The second kappa shape index (κ2) is 3.91. The van der Waals surface area contributed by atoms with Gasteiger partial charge in [0.2, 0.25) is 0 Å². The largest absolute Gasteiger partial charge is 0.299 e. The molecule has 0 saturated heterocycles. The summed E-state index contributed by atoms with van der Waals surface area (Å²) in [5.74, 6) is 0.324. The van der Waals surface area contributed by atoms with Gasteiger partial charge in [0.05, 0.1) is 0 Å². The molecule has 0 N–H and O–H groups in total. The van der Waals surface area contributed by atoms with Gasteiger partial charge in [-0.1, -0.05) is 39.0 Å². The van der Waals surface area contributed by atoms with E-state index in [1.54, 1.807) is 0 Å². The molecule has 0 aliphatic heterocycles. The molecule has 0 aromatic rings. The summed E-state index contributed by atoms with van der Waals surface area (Å²) in [4.78, 5) is 11.7. The molecular formula is C12H18O. The van der Waals surface area contributed by atoms with Crippen LogP contribution < -0.4 is 0 Å². The van der Waals surface area contributed by atoms with Gasteiger partial charge in [-0.3, -0.25) is 4.79 Å². The van der Waals surface area contributed by atoms with E-state index in [4.69, 9.17) is 0 Å². The molecule has 1 heteroatoms. The summed E-state index contributed by atoms with van der Waals surface area (Å²) in [5.41, 5.74) is 0.984. The quantitative estimate of drug-likeness (QED) is 0.634. The van der Waals surface area contributed by atoms with Gasteiger partial charge in [-0.15, -0.1) is 0 Å². The lowest BCUT2D eigenvalue weighted by Gasteiger charge is -2.17. The zero-order valence-electron chi connectivity index (χ0n) is 8.76. The fraction of sp³-hybridized carbons (Fsp3) is 0.583. The van der Waals surface area contributed by atoms with Crippen molar-refractivity contribution in [3.8, 4) is 0 Å². The number of allylic oxidation sites excluding steroid dienone is 4. The Bertz CT molecular complexity index is 251. The first-order chi connectivity index (χ1) is 6.00. The van der Waals surface area contributed by atoms with E-state index in [9.17, 15) is 4.79 Å². The number of carbonyl (C=O) groups is 1. The molecule has 0 radical (unpaired) electrons. The zero-order valence-corrected chi connectivity index (χ0v) is 8.76. The van der Waals surface area contributed by atoms with Crippen molar-refractivity contribution in [3.05, 3.63) is 23.8 Å². The molecule has 1 rings (SSSR count). The Morgan fingerprint density at radius 2 is 2.08 bits per heavy atom. The van der Waals surface area contributed by atoms with E-state index in [0.717, 1.165) is 12.8 Å². The predicted molar refractivity (Wildman–Crippen MR) is 55.5 cm³/mol. The fourth-order valence-electron chi connectivity index (χ4n) is 1.25. The Morgan fingerprint density at radius 3 is 2.54 bits per heavy atom. The molecule has 1 aliphatic carbocycles. The summed E-state index contributed by atoms with van der Waals surface area (Å²) in [6.45, 7) is 5.92. The normalized spacial score (nSPS) is 17.0. The maximum atomic E-state index is 11.7. The molecule has 0 amide bonds. The molecule has 0 heterocycles. The summed E-state index contributed by atoms with van der Waals surface area (Å²) in [6.07, 6.45) is 9.19. The Morgan fingerprint density at radius 1 is 1.38 bits per heavy atom. The van der Waals surface area contributed by atoms with Crippen LogP contribution in [0.15, 0.2) is 23.8 Å². The van der Waals surface area contributed by atoms with Crippen LogP contribution in [0, 0.1) is 5.41 Å². The molecule has 1 aliphatic rings. The molecule has 0 fully saturated rings. The van der Waals surface area contributed by atoms with Gasteiger partial charge >= 0.3 is 0 Å². The van der Waals surface area contributed by atoms with E-state index in [2.05, 4.69) is 18.2 Å². The molecule has 0 saturated carbocycles. The van der Waals surface area contributed by atoms with Crippen molar-refractivity contribution in [1.29, 1.82) is 0 Å². The van der Waals surface area contributed by atoms with Crippen molar-refractivity contribution in [1.82, 2.24) is 0 Å². The lowest BCUT2D eigenvalue weighted by atomic mass is 9.86. The summed E-state index contributed by atoms with van der Waals surface area (Å²) in [7, 11) is 0. The average molecular weight is 178 g/mol. The first-order valence-corrected chi connectivity index (χ1v) is 4.89. The maximum Gasteiger partial charge on any atom is 0.142 e. The first-order valence-electron chi connectivity index (χ1n) is 4.89.